The zero-order chi connectivity index (χ0) is 25.6. The van der Waals surface area contributed by atoms with Crippen molar-refractivity contribution >= 4 is 17.7 Å². The van der Waals surface area contributed by atoms with Gasteiger partial charge in [0.1, 0.15) is 12.1 Å². The third-order valence-corrected chi connectivity index (χ3v) is 5.79. The van der Waals surface area contributed by atoms with E-state index in [9.17, 15) is 19.5 Å². The Labute approximate surface area is 206 Å². The average molecular weight is 486 g/mol. The van der Waals surface area contributed by atoms with Gasteiger partial charge in [-0.1, -0.05) is 52.4 Å². The monoisotopic (exact) mass is 485 g/mol. The molecule has 34 heavy (non-hydrogen) atoms. The fraction of sp³-hybridized carbons (Fsp3) is 0.880. The van der Waals surface area contributed by atoms with Gasteiger partial charge in [0, 0.05) is 13.0 Å². The summed E-state index contributed by atoms with van der Waals surface area (Å²) in [7, 11) is 0. The Bertz CT molecular complexity index is 545. The third kappa shape index (κ3) is 17.7. The summed E-state index contributed by atoms with van der Waals surface area (Å²) in [5.74, 6) is -0.610. The molecule has 0 unspecified atom stereocenters. The molecular formula is C25H51N5O4. The number of carbonyl (C=O) groups excluding carboxylic acids is 3. The minimum Gasteiger partial charge on any atom is -0.394 e. The molecule has 3 amide bonds. The van der Waals surface area contributed by atoms with E-state index in [-0.39, 0.29) is 11.8 Å². The number of amides is 3. The molecule has 0 bridgehead atoms. The minimum atomic E-state index is -1.07. The highest BCUT2D eigenvalue weighted by molar-refractivity contribution is 5.92. The Hall–Kier alpha value is -1.71. The number of unbranched alkanes of at least 4 members (excludes halogenated alkanes) is 8. The van der Waals surface area contributed by atoms with Gasteiger partial charge in [0.15, 0.2) is 0 Å². The Morgan fingerprint density at radius 3 is 1.82 bits per heavy atom. The van der Waals surface area contributed by atoms with Crippen LogP contribution in [-0.4, -0.2) is 61.2 Å². The van der Waals surface area contributed by atoms with Crippen molar-refractivity contribution in [2.75, 3.05) is 26.2 Å². The Kier molecular flexibility index (Phi) is 20.7. The number of nitrogens with one attached hydrogen (secondary N) is 3. The van der Waals surface area contributed by atoms with Crippen LogP contribution in [0.4, 0.5) is 0 Å². The molecule has 0 aromatic carbocycles. The van der Waals surface area contributed by atoms with Gasteiger partial charge < -0.3 is 32.5 Å². The van der Waals surface area contributed by atoms with Crippen molar-refractivity contribution in [1.29, 1.82) is 0 Å². The van der Waals surface area contributed by atoms with E-state index in [2.05, 4.69) is 29.8 Å². The zero-order valence-electron chi connectivity index (χ0n) is 21.6. The van der Waals surface area contributed by atoms with Crippen LogP contribution in [0, 0.1) is 5.92 Å². The zero-order valence-corrected chi connectivity index (χ0v) is 21.6. The van der Waals surface area contributed by atoms with Crippen molar-refractivity contribution in [3.8, 4) is 0 Å². The molecule has 2 atom stereocenters. The predicted octanol–water partition coefficient (Wildman–Crippen LogP) is 1.71. The van der Waals surface area contributed by atoms with Crippen LogP contribution in [0.15, 0.2) is 0 Å². The number of aliphatic hydroxyl groups excluding tert-OH is 1. The van der Waals surface area contributed by atoms with Crippen LogP contribution >= 0.6 is 0 Å². The molecule has 0 rings (SSSR count). The molecule has 9 nitrogen and oxygen atoms in total. The molecule has 0 aliphatic rings. The maximum atomic E-state index is 12.7. The summed E-state index contributed by atoms with van der Waals surface area (Å²) < 4.78 is 0. The van der Waals surface area contributed by atoms with Crippen molar-refractivity contribution < 1.29 is 19.5 Å². The number of hydrogen-bond acceptors (Lipinski definition) is 6. The van der Waals surface area contributed by atoms with Crippen LogP contribution in [0.25, 0.3) is 0 Å². The van der Waals surface area contributed by atoms with Gasteiger partial charge in [-0.25, -0.2) is 0 Å². The van der Waals surface area contributed by atoms with Gasteiger partial charge in [-0.05, 0) is 57.5 Å². The number of carbonyl (C=O) groups is 3. The summed E-state index contributed by atoms with van der Waals surface area (Å²) in [6.07, 6.45) is 11.6. The highest BCUT2D eigenvalue weighted by Crippen LogP contribution is 2.09. The molecule has 0 fully saturated rings. The van der Waals surface area contributed by atoms with Crippen LogP contribution in [-0.2, 0) is 14.4 Å². The summed E-state index contributed by atoms with van der Waals surface area (Å²) in [5, 5.41) is 17.8. The van der Waals surface area contributed by atoms with Gasteiger partial charge in [0.25, 0.3) is 0 Å². The van der Waals surface area contributed by atoms with Crippen molar-refractivity contribution in [2.45, 2.75) is 109 Å². The van der Waals surface area contributed by atoms with E-state index in [1.165, 1.54) is 19.3 Å². The smallest absolute Gasteiger partial charge is 0.245 e. The largest absolute Gasteiger partial charge is 0.394 e. The molecule has 0 saturated carbocycles. The summed E-state index contributed by atoms with van der Waals surface area (Å²) in [4.78, 5) is 37.5. The van der Waals surface area contributed by atoms with Crippen LogP contribution < -0.4 is 27.4 Å². The number of nitrogens with two attached hydrogens (primary N) is 2. The second-order valence-electron chi connectivity index (χ2n) is 9.49. The maximum absolute atomic E-state index is 12.7. The third-order valence-electron chi connectivity index (χ3n) is 5.79. The van der Waals surface area contributed by atoms with Crippen molar-refractivity contribution in [1.82, 2.24) is 16.0 Å². The molecule has 0 saturated heterocycles. The summed E-state index contributed by atoms with van der Waals surface area (Å²) in [6.45, 7) is 5.43. The molecule has 0 aliphatic heterocycles. The first-order chi connectivity index (χ1) is 16.3. The Balaban J connectivity index is 4.43. The van der Waals surface area contributed by atoms with Crippen LogP contribution in [0.1, 0.15) is 97.3 Å². The summed E-state index contributed by atoms with van der Waals surface area (Å²) in [5.41, 5.74) is 11.0. The Morgan fingerprint density at radius 1 is 0.706 bits per heavy atom. The van der Waals surface area contributed by atoms with Crippen molar-refractivity contribution in [2.24, 2.45) is 17.4 Å². The lowest BCUT2D eigenvalue weighted by Crippen LogP contribution is -2.55. The molecule has 8 N–H and O–H groups in total. The lowest BCUT2D eigenvalue weighted by molar-refractivity contribution is -0.133. The molecular weight excluding hydrogens is 434 g/mol. The number of rotatable bonds is 22. The first-order valence-corrected chi connectivity index (χ1v) is 13.2. The molecule has 0 aromatic rings. The van der Waals surface area contributed by atoms with Gasteiger partial charge >= 0.3 is 0 Å². The van der Waals surface area contributed by atoms with E-state index >= 15 is 0 Å². The highest BCUT2D eigenvalue weighted by Gasteiger charge is 2.26. The normalized spacial score (nSPS) is 12.9. The van der Waals surface area contributed by atoms with E-state index in [4.69, 9.17) is 11.5 Å². The van der Waals surface area contributed by atoms with Gasteiger partial charge in [-0.15, -0.1) is 0 Å². The van der Waals surface area contributed by atoms with Crippen molar-refractivity contribution in [3.05, 3.63) is 0 Å². The van der Waals surface area contributed by atoms with Gasteiger partial charge in [-0.2, -0.15) is 0 Å². The highest BCUT2D eigenvalue weighted by atomic mass is 16.3. The second-order valence-corrected chi connectivity index (χ2v) is 9.49. The molecule has 0 aromatic heterocycles. The SMILES string of the molecule is CC(C)CCNC(=O)[C@@H](CCCCN)NC(=O)[C@@H](CO)NC(=O)CCCCCCCCCCN. The molecule has 0 radical (unpaired) electrons. The van der Waals surface area contributed by atoms with Gasteiger partial charge in [0.2, 0.25) is 17.7 Å². The van der Waals surface area contributed by atoms with E-state index in [1.807, 2.05) is 0 Å². The molecule has 0 heterocycles. The molecule has 0 spiro atoms. The van der Waals surface area contributed by atoms with E-state index in [0.29, 0.717) is 38.3 Å². The first kappa shape index (κ1) is 32.3. The van der Waals surface area contributed by atoms with Crippen molar-refractivity contribution in [3.63, 3.8) is 0 Å². The fourth-order valence-corrected chi connectivity index (χ4v) is 3.59. The van der Waals surface area contributed by atoms with E-state index in [1.54, 1.807) is 0 Å². The average Bonchev–Trinajstić information content (AvgIpc) is 2.80. The fourth-order valence-electron chi connectivity index (χ4n) is 3.59. The quantitative estimate of drug-likeness (QED) is 0.128. The van der Waals surface area contributed by atoms with Gasteiger partial charge in [-0.3, -0.25) is 14.4 Å². The maximum Gasteiger partial charge on any atom is 0.245 e. The van der Waals surface area contributed by atoms with Crippen LogP contribution in [0.3, 0.4) is 0 Å². The molecule has 0 aliphatic carbocycles. The van der Waals surface area contributed by atoms with E-state index in [0.717, 1.165) is 51.5 Å². The topological polar surface area (TPSA) is 160 Å². The van der Waals surface area contributed by atoms with E-state index < -0.39 is 24.6 Å². The minimum absolute atomic E-state index is 0.253. The lowest BCUT2D eigenvalue weighted by Gasteiger charge is -2.22. The number of hydrogen-bond donors (Lipinski definition) is 6. The van der Waals surface area contributed by atoms with Crippen LogP contribution in [0.2, 0.25) is 0 Å². The van der Waals surface area contributed by atoms with Crippen LogP contribution in [0.5, 0.6) is 0 Å². The standard InChI is InChI=1S/C25H51N5O4/c1-20(2)15-18-28-24(33)21(13-10-12-17-27)30-25(34)22(19-31)29-23(32)14-9-7-5-3-4-6-8-11-16-26/h20-22,31H,3-19,26-27H2,1-2H3,(H,28,33)(H,29,32)(H,30,34)/t21-,22-/m1/s1. The van der Waals surface area contributed by atoms with Gasteiger partial charge in [0.05, 0.1) is 6.61 Å². The predicted molar refractivity (Wildman–Crippen MR) is 137 cm³/mol. The summed E-state index contributed by atoms with van der Waals surface area (Å²) >= 11 is 0. The number of aliphatic hydroxyl groups is 1. The second kappa shape index (κ2) is 21.8. The Morgan fingerprint density at radius 2 is 1.26 bits per heavy atom. The lowest BCUT2D eigenvalue weighted by atomic mass is 10.1. The summed E-state index contributed by atoms with van der Waals surface area (Å²) in [6, 6.07) is -1.79. The molecule has 200 valence electrons. The molecule has 9 heteroatoms. The first-order valence-electron chi connectivity index (χ1n) is 13.2.